The average Bonchev–Trinajstić information content (AvgIpc) is 2.93. The molecule has 202 valence electrons. The fourth-order valence-electron chi connectivity index (χ4n) is 5.10. The summed E-state index contributed by atoms with van der Waals surface area (Å²) >= 11 is 0. The number of nitrogens with zero attached hydrogens (tertiary/aromatic N) is 4. The lowest BCUT2D eigenvalue weighted by atomic mass is 10.1. The van der Waals surface area contributed by atoms with E-state index in [0.29, 0.717) is 0 Å². The van der Waals surface area contributed by atoms with Crippen molar-refractivity contribution in [1.29, 1.82) is 0 Å². The molecule has 4 aromatic rings. The van der Waals surface area contributed by atoms with E-state index in [2.05, 4.69) is 82.5 Å². The Labute approximate surface area is 228 Å². The number of hydrogen-bond acceptors (Lipinski definition) is 6. The Kier molecular flexibility index (Phi) is 10.2. The topological polar surface area (TPSA) is 75.6 Å². The first kappa shape index (κ1) is 27.7. The van der Waals surface area contributed by atoms with Crippen molar-refractivity contribution in [3.8, 4) is 0 Å². The summed E-state index contributed by atoms with van der Waals surface area (Å²) in [6.45, 7) is 10.5. The lowest BCUT2D eigenvalue weighted by molar-refractivity contribution is 0.557. The lowest BCUT2D eigenvalue weighted by Crippen LogP contribution is -2.05. The average molecular weight is 513 g/mol. The number of nitrogens with one attached hydrogen (secondary N) is 2. The Bertz CT molecular complexity index is 1230. The molecule has 2 aromatic heterocycles. The van der Waals surface area contributed by atoms with Crippen molar-refractivity contribution in [2.45, 2.75) is 91.9 Å². The van der Waals surface area contributed by atoms with Gasteiger partial charge in [0.15, 0.2) is 0 Å². The zero-order chi connectivity index (χ0) is 26.7. The van der Waals surface area contributed by atoms with Crippen LogP contribution in [-0.2, 0) is 0 Å². The molecule has 38 heavy (non-hydrogen) atoms. The molecule has 6 heteroatoms. The molecule has 0 saturated heterocycles. The lowest BCUT2D eigenvalue weighted by Gasteiger charge is -2.11. The molecular weight excluding hydrogens is 468 g/mol. The predicted molar refractivity (Wildman–Crippen MR) is 161 cm³/mol. The van der Waals surface area contributed by atoms with E-state index in [9.17, 15) is 0 Å². The molecule has 0 aliphatic rings. The van der Waals surface area contributed by atoms with Crippen LogP contribution in [0.15, 0.2) is 36.9 Å². The summed E-state index contributed by atoms with van der Waals surface area (Å²) in [7, 11) is 0. The van der Waals surface area contributed by atoms with E-state index in [1.807, 2.05) is 0 Å². The minimum atomic E-state index is 0.962. The van der Waals surface area contributed by atoms with Crippen molar-refractivity contribution in [1.82, 2.24) is 19.9 Å². The van der Waals surface area contributed by atoms with Gasteiger partial charge in [-0.1, -0.05) is 63.5 Å². The largest absolute Gasteiger partial charge is 0.369 e. The fraction of sp³-hybridized carbons (Fsp3) is 0.500. The molecule has 0 aliphatic heterocycles. The quantitative estimate of drug-likeness (QED) is 0.156. The molecular formula is C32H44N6. The maximum Gasteiger partial charge on any atom is 0.137 e. The summed E-state index contributed by atoms with van der Waals surface area (Å²) in [6.07, 6.45) is 16.3. The number of aromatic nitrogens is 4. The first-order valence-electron chi connectivity index (χ1n) is 14.5. The summed E-state index contributed by atoms with van der Waals surface area (Å²) < 4.78 is 0. The van der Waals surface area contributed by atoms with Crippen molar-refractivity contribution in [3.63, 3.8) is 0 Å². The van der Waals surface area contributed by atoms with Gasteiger partial charge in [-0.25, -0.2) is 19.9 Å². The van der Waals surface area contributed by atoms with Gasteiger partial charge in [0.2, 0.25) is 0 Å². The molecule has 0 saturated carbocycles. The molecule has 0 aliphatic carbocycles. The zero-order valence-electron chi connectivity index (χ0n) is 23.7. The number of benzene rings is 2. The summed E-state index contributed by atoms with van der Waals surface area (Å²) in [5, 5.41) is 9.31. The van der Waals surface area contributed by atoms with Gasteiger partial charge in [-0.15, -0.1) is 0 Å². The third-order valence-corrected chi connectivity index (χ3v) is 7.85. The molecule has 2 heterocycles. The van der Waals surface area contributed by atoms with E-state index >= 15 is 0 Å². The summed E-state index contributed by atoms with van der Waals surface area (Å²) in [5.74, 6) is 1.92. The van der Waals surface area contributed by atoms with E-state index in [-0.39, 0.29) is 0 Å². The van der Waals surface area contributed by atoms with Crippen LogP contribution in [-0.4, -0.2) is 33.0 Å². The van der Waals surface area contributed by atoms with Crippen LogP contribution >= 0.6 is 0 Å². The van der Waals surface area contributed by atoms with E-state index < -0.39 is 0 Å². The Morgan fingerprint density at radius 2 is 0.842 bits per heavy atom. The highest BCUT2D eigenvalue weighted by Crippen LogP contribution is 2.25. The van der Waals surface area contributed by atoms with Crippen molar-refractivity contribution >= 4 is 33.4 Å². The monoisotopic (exact) mass is 512 g/mol. The molecule has 2 N–H and O–H groups in total. The van der Waals surface area contributed by atoms with E-state index in [1.54, 1.807) is 12.7 Å². The minimum Gasteiger partial charge on any atom is -0.369 e. The highest BCUT2D eigenvalue weighted by atomic mass is 15.0. The first-order chi connectivity index (χ1) is 18.6. The van der Waals surface area contributed by atoms with Gasteiger partial charge in [0.25, 0.3) is 0 Å². The molecule has 4 rings (SSSR count). The normalized spacial score (nSPS) is 11.4. The second kappa shape index (κ2) is 14.0. The Balaban J connectivity index is 1.01. The zero-order valence-corrected chi connectivity index (χ0v) is 23.7. The van der Waals surface area contributed by atoms with Crippen LogP contribution in [0.5, 0.6) is 0 Å². The molecule has 0 fully saturated rings. The van der Waals surface area contributed by atoms with Crippen LogP contribution in [0.3, 0.4) is 0 Å². The predicted octanol–water partition coefficient (Wildman–Crippen LogP) is 8.23. The van der Waals surface area contributed by atoms with Gasteiger partial charge in [0.1, 0.15) is 24.3 Å². The van der Waals surface area contributed by atoms with Gasteiger partial charge in [0, 0.05) is 23.9 Å². The summed E-state index contributed by atoms with van der Waals surface area (Å²) in [5.41, 5.74) is 7.15. The standard InChI is InChI=1S/C32H44N6/c1-23-15-17-27-29(25(23)3)35-21-37-31(27)33-19-13-11-9-7-5-6-8-10-12-14-20-34-32-28-18-16-24(2)26(4)30(28)36-22-38-32/h15-18,21-22H,5-14,19-20H2,1-4H3,(H,33,35,37)(H,34,36,38). The Hall–Kier alpha value is -3.28. The second-order valence-corrected chi connectivity index (χ2v) is 10.6. The molecule has 0 unspecified atom stereocenters. The smallest absolute Gasteiger partial charge is 0.137 e. The van der Waals surface area contributed by atoms with Gasteiger partial charge in [-0.2, -0.15) is 0 Å². The molecule has 6 nitrogen and oxygen atoms in total. The maximum absolute atomic E-state index is 4.48. The number of hydrogen-bond donors (Lipinski definition) is 2. The summed E-state index contributed by atoms with van der Waals surface area (Å²) in [6, 6.07) is 8.59. The highest BCUT2D eigenvalue weighted by Gasteiger charge is 2.08. The van der Waals surface area contributed by atoms with Crippen molar-refractivity contribution in [2.24, 2.45) is 0 Å². The van der Waals surface area contributed by atoms with Crippen molar-refractivity contribution < 1.29 is 0 Å². The molecule has 0 spiro atoms. The highest BCUT2D eigenvalue weighted by molar-refractivity contribution is 5.92. The van der Waals surface area contributed by atoms with Gasteiger partial charge in [0.05, 0.1) is 11.0 Å². The van der Waals surface area contributed by atoms with Crippen LogP contribution in [0, 0.1) is 27.7 Å². The van der Waals surface area contributed by atoms with Crippen LogP contribution in [0.25, 0.3) is 21.8 Å². The Morgan fingerprint density at radius 1 is 0.474 bits per heavy atom. The molecule has 0 bridgehead atoms. The number of aryl methyl sites for hydroxylation is 4. The van der Waals surface area contributed by atoms with Crippen molar-refractivity contribution in [3.05, 3.63) is 59.2 Å². The van der Waals surface area contributed by atoms with Crippen LogP contribution in [0.2, 0.25) is 0 Å². The third-order valence-electron chi connectivity index (χ3n) is 7.85. The van der Waals surface area contributed by atoms with E-state index in [4.69, 9.17) is 0 Å². The third kappa shape index (κ3) is 7.18. The van der Waals surface area contributed by atoms with Crippen LogP contribution < -0.4 is 10.6 Å². The Morgan fingerprint density at radius 3 is 1.24 bits per heavy atom. The molecule has 0 amide bonds. The summed E-state index contributed by atoms with van der Waals surface area (Å²) in [4.78, 5) is 17.9. The van der Waals surface area contributed by atoms with E-state index in [0.717, 1.165) is 46.5 Å². The minimum absolute atomic E-state index is 0.962. The molecule has 0 atom stereocenters. The molecule has 2 aromatic carbocycles. The molecule has 0 radical (unpaired) electrons. The number of rotatable bonds is 15. The van der Waals surface area contributed by atoms with Crippen LogP contribution in [0.4, 0.5) is 11.6 Å². The van der Waals surface area contributed by atoms with Gasteiger partial charge in [-0.05, 0) is 74.9 Å². The van der Waals surface area contributed by atoms with Crippen LogP contribution in [0.1, 0.15) is 86.5 Å². The van der Waals surface area contributed by atoms with E-state index in [1.165, 1.54) is 86.5 Å². The SMILES string of the molecule is Cc1ccc2c(NCCCCCCCCCCCCNc3ncnc4c(C)c(C)ccc34)ncnc2c1C. The van der Waals surface area contributed by atoms with Gasteiger partial charge in [-0.3, -0.25) is 0 Å². The number of fused-ring (bicyclic) bond motifs is 2. The van der Waals surface area contributed by atoms with Crippen molar-refractivity contribution in [2.75, 3.05) is 23.7 Å². The fourth-order valence-corrected chi connectivity index (χ4v) is 5.10. The number of unbranched alkanes of at least 4 members (excludes halogenated alkanes) is 9. The van der Waals surface area contributed by atoms with Gasteiger partial charge < -0.3 is 10.6 Å². The number of anilines is 2. The second-order valence-electron chi connectivity index (χ2n) is 10.6. The maximum atomic E-state index is 4.48. The first-order valence-corrected chi connectivity index (χ1v) is 14.5. The van der Waals surface area contributed by atoms with Gasteiger partial charge >= 0.3 is 0 Å².